The van der Waals surface area contributed by atoms with Crippen LogP contribution in [0.5, 0.6) is 0 Å². The summed E-state index contributed by atoms with van der Waals surface area (Å²) in [6.07, 6.45) is 8.00. The van der Waals surface area contributed by atoms with E-state index in [2.05, 4.69) is 12.8 Å². The fraction of sp³-hybridized carbons (Fsp3) is 0. The van der Waals surface area contributed by atoms with E-state index < -0.39 is 11.6 Å². The molecule has 0 nitrogen and oxygen atoms in total. The van der Waals surface area contributed by atoms with E-state index >= 15 is 0 Å². The molecule has 0 aliphatic heterocycles. The molecule has 0 aliphatic carbocycles. The van der Waals surface area contributed by atoms with Gasteiger partial charge in [0.05, 0.1) is 0 Å². The van der Waals surface area contributed by atoms with Gasteiger partial charge >= 0.3 is 0 Å². The van der Waals surface area contributed by atoms with Gasteiger partial charge in [-0.15, -0.1) is 12.8 Å². The van der Waals surface area contributed by atoms with Crippen molar-refractivity contribution < 1.29 is 8.78 Å². The SMILES string of the molecule is C#C.Fc1cccc(F)c1. The molecule has 0 saturated carbocycles. The zero-order chi connectivity index (χ0) is 7.98. The van der Waals surface area contributed by atoms with Crippen LogP contribution in [0.25, 0.3) is 0 Å². The maximum absolute atomic E-state index is 11.9. The maximum atomic E-state index is 11.9. The molecule has 2 heteroatoms. The van der Waals surface area contributed by atoms with Crippen molar-refractivity contribution >= 4 is 0 Å². The molecule has 0 aromatic heterocycles. The number of hydrogen-bond acceptors (Lipinski definition) is 0. The molecule has 0 amide bonds. The summed E-state index contributed by atoms with van der Waals surface area (Å²) >= 11 is 0. The number of rotatable bonds is 0. The Morgan fingerprint density at radius 3 is 1.60 bits per heavy atom. The highest BCUT2D eigenvalue weighted by Crippen LogP contribution is 1.99. The first-order valence-electron chi connectivity index (χ1n) is 2.53. The zero-order valence-corrected chi connectivity index (χ0v) is 5.22. The summed E-state index contributed by atoms with van der Waals surface area (Å²) in [5.74, 6) is -1.07. The third-order valence-corrected chi connectivity index (χ3v) is 0.787. The van der Waals surface area contributed by atoms with Crippen LogP contribution in [0.15, 0.2) is 24.3 Å². The highest BCUT2D eigenvalue weighted by Gasteiger charge is 1.88. The van der Waals surface area contributed by atoms with Crippen molar-refractivity contribution in [3.63, 3.8) is 0 Å². The first kappa shape index (κ1) is 8.64. The fourth-order valence-electron chi connectivity index (χ4n) is 0.460. The summed E-state index contributed by atoms with van der Waals surface area (Å²) in [5, 5.41) is 0. The Balaban J connectivity index is 0.000000371. The van der Waals surface area contributed by atoms with Crippen LogP contribution in [-0.2, 0) is 0 Å². The molecule has 0 radical (unpaired) electrons. The summed E-state index contributed by atoms with van der Waals surface area (Å²) < 4.78 is 23.9. The van der Waals surface area contributed by atoms with Gasteiger partial charge in [0.1, 0.15) is 11.6 Å². The summed E-state index contributed by atoms with van der Waals surface area (Å²) in [5.41, 5.74) is 0. The van der Waals surface area contributed by atoms with Gasteiger partial charge in [-0.05, 0) is 12.1 Å². The van der Waals surface area contributed by atoms with Crippen LogP contribution in [0.1, 0.15) is 0 Å². The smallest absolute Gasteiger partial charge is 0.126 e. The molecule has 0 atom stereocenters. The summed E-state index contributed by atoms with van der Waals surface area (Å²) in [6.45, 7) is 0. The van der Waals surface area contributed by atoms with Crippen molar-refractivity contribution in [3.05, 3.63) is 35.9 Å². The molecule has 0 heterocycles. The minimum absolute atomic E-state index is 0.537. The van der Waals surface area contributed by atoms with E-state index in [0.29, 0.717) is 0 Å². The van der Waals surface area contributed by atoms with Gasteiger partial charge in [-0.1, -0.05) is 6.07 Å². The van der Waals surface area contributed by atoms with Gasteiger partial charge in [0.25, 0.3) is 0 Å². The minimum atomic E-state index is -0.537. The molecule has 0 bridgehead atoms. The summed E-state index contributed by atoms with van der Waals surface area (Å²) in [7, 11) is 0. The minimum Gasteiger partial charge on any atom is -0.207 e. The predicted molar refractivity (Wildman–Crippen MR) is 36.2 cm³/mol. The molecule has 0 fully saturated rings. The van der Waals surface area contributed by atoms with E-state index in [-0.39, 0.29) is 0 Å². The normalized spacial score (nSPS) is 7.60. The average molecular weight is 140 g/mol. The molecule has 0 unspecified atom stereocenters. The van der Waals surface area contributed by atoms with E-state index in [1.165, 1.54) is 18.2 Å². The lowest BCUT2D eigenvalue weighted by Crippen LogP contribution is -1.73. The Labute approximate surface area is 58.5 Å². The van der Waals surface area contributed by atoms with Crippen LogP contribution in [0.4, 0.5) is 8.78 Å². The Kier molecular flexibility index (Phi) is 3.90. The molecule has 0 saturated heterocycles. The van der Waals surface area contributed by atoms with Gasteiger partial charge in [0.15, 0.2) is 0 Å². The highest BCUT2D eigenvalue weighted by molar-refractivity contribution is 5.04. The Morgan fingerprint density at radius 2 is 1.40 bits per heavy atom. The third kappa shape index (κ3) is 2.83. The summed E-state index contributed by atoms with van der Waals surface area (Å²) in [4.78, 5) is 0. The second-order valence-electron chi connectivity index (χ2n) is 1.44. The third-order valence-electron chi connectivity index (χ3n) is 0.787. The van der Waals surface area contributed by atoms with Crippen LogP contribution >= 0.6 is 0 Å². The van der Waals surface area contributed by atoms with Gasteiger partial charge in [-0.3, -0.25) is 0 Å². The van der Waals surface area contributed by atoms with Gasteiger partial charge in [-0.2, -0.15) is 0 Å². The molecule has 10 heavy (non-hydrogen) atoms. The molecule has 1 aromatic rings. The lowest BCUT2D eigenvalue weighted by atomic mass is 10.3. The molecule has 1 rings (SSSR count). The van der Waals surface area contributed by atoms with Gasteiger partial charge in [0.2, 0.25) is 0 Å². The van der Waals surface area contributed by atoms with Crippen LogP contribution in [0.2, 0.25) is 0 Å². The standard InChI is InChI=1S/C6H4F2.C2H2/c7-5-2-1-3-6(8)4-5;1-2/h1-4H;1-2H. The number of hydrogen-bond donors (Lipinski definition) is 0. The molecule has 0 N–H and O–H groups in total. The topological polar surface area (TPSA) is 0 Å². The Bertz CT molecular complexity index is 198. The van der Waals surface area contributed by atoms with Crippen molar-refractivity contribution in [2.75, 3.05) is 0 Å². The molecule has 0 aliphatic rings. The first-order valence-corrected chi connectivity index (χ1v) is 2.53. The number of terminal acetylenes is 1. The molecule has 0 spiro atoms. The van der Waals surface area contributed by atoms with Crippen molar-refractivity contribution in [1.29, 1.82) is 0 Å². The van der Waals surface area contributed by atoms with Crippen LogP contribution in [0, 0.1) is 24.5 Å². The van der Waals surface area contributed by atoms with Crippen LogP contribution < -0.4 is 0 Å². The van der Waals surface area contributed by atoms with Gasteiger partial charge < -0.3 is 0 Å². The maximum Gasteiger partial charge on any atom is 0.126 e. The van der Waals surface area contributed by atoms with E-state index in [4.69, 9.17) is 0 Å². The van der Waals surface area contributed by atoms with Crippen molar-refractivity contribution in [2.24, 2.45) is 0 Å². The van der Waals surface area contributed by atoms with E-state index in [1.54, 1.807) is 0 Å². The van der Waals surface area contributed by atoms with E-state index in [9.17, 15) is 8.78 Å². The van der Waals surface area contributed by atoms with Crippen molar-refractivity contribution in [1.82, 2.24) is 0 Å². The van der Waals surface area contributed by atoms with Crippen LogP contribution in [0.3, 0.4) is 0 Å². The quantitative estimate of drug-likeness (QED) is 0.484. The molecule has 1 aromatic carbocycles. The Hall–Kier alpha value is -1.36. The largest absolute Gasteiger partial charge is 0.207 e. The molecule has 52 valence electrons. The van der Waals surface area contributed by atoms with Crippen molar-refractivity contribution in [2.45, 2.75) is 0 Å². The predicted octanol–water partition coefficient (Wildman–Crippen LogP) is 2.21. The second kappa shape index (κ2) is 4.51. The lowest BCUT2D eigenvalue weighted by molar-refractivity contribution is 0.583. The monoisotopic (exact) mass is 140 g/mol. The zero-order valence-electron chi connectivity index (χ0n) is 5.22. The average Bonchev–Trinajstić information content (AvgIpc) is 1.91. The molecular formula is C8H6F2. The number of halogens is 2. The fourth-order valence-corrected chi connectivity index (χ4v) is 0.460. The first-order chi connectivity index (χ1) is 4.79. The second-order valence-corrected chi connectivity index (χ2v) is 1.44. The highest BCUT2D eigenvalue weighted by atomic mass is 19.1. The molecular weight excluding hydrogens is 134 g/mol. The van der Waals surface area contributed by atoms with E-state index in [0.717, 1.165) is 6.07 Å². The van der Waals surface area contributed by atoms with Gasteiger partial charge in [0, 0.05) is 6.07 Å². The Morgan fingerprint density at radius 1 is 1.00 bits per heavy atom. The van der Waals surface area contributed by atoms with Crippen LogP contribution in [-0.4, -0.2) is 0 Å². The van der Waals surface area contributed by atoms with Crippen molar-refractivity contribution in [3.8, 4) is 12.8 Å². The summed E-state index contributed by atoms with van der Waals surface area (Å²) in [6, 6.07) is 4.55. The lowest BCUT2D eigenvalue weighted by Gasteiger charge is -1.84. The van der Waals surface area contributed by atoms with Gasteiger partial charge in [-0.25, -0.2) is 8.78 Å². The van der Waals surface area contributed by atoms with E-state index in [1.807, 2.05) is 0 Å². The number of benzene rings is 1.